The van der Waals surface area contributed by atoms with E-state index in [2.05, 4.69) is 10.3 Å². The molecule has 0 spiro atoms. The van der Waals surface area contributed by atoms with E-state index in [1.165, 1.54) is 19.2 Å². The highest BCUT2D eigenvalue weighted by Crippen LogP contribution is 2.36. The second-order valence-electron chi connectivity index (χ2n) is 7.14. The van der Waals surface area contributed by atoms with Crippen LogP contribution in [0, 0.1) is 11.6 Å². The molecule has 0 unspecified atom stereocenters. The molecule has 0 amide bonds. The molecule has 0 bridgehead atoms. The van der Waals surface area contributed by atoms with Crippen molar-refractivity contribution in [1.82, 2.24) is 15.0 Å². The van der Waals surface area contributed by atoms with Crippen molar-refractivity contribution in [2.75, 3.05) is 32.7 Å². The number of benzene rings is 2. The van der Waals surface area contributed by atoms with Gasteiger partial charge in [0.2, 0.25) is 0 Å². The maximum Gasteiger partial charge on any atom is 0.163 e. The van der Waals surface area contributed by atoms with Gasteiger partial charge in [-0.05, 0) is 53.9 Å². The topological polar surface area (TPSA) is 69.2 Å². The first kappa shape index (κ1) is 21.6. The lowest BCUT2D eigenvalue weighted by molar-refractivity contribution is 0.198. The number of aromatic nitrogens is 3. The monoisotopic (exact) mass is 436 g/mol. The summed E-state index contributed by atoms with van der Waals surface area (Å²) in [6.07, 6.45) is 4.14. The Hall–Kier alpha value is -3.65. The van der Waals surface area contributed by atoms with Gasteiger partial charge in [-0.1, -0.05) is 0 Å². The summed E-state index contributed by atoms with van der Waals surface area (Å²) in [6, 6.07) is 10.6. The van der Waals surface area contributed by atoms with Crippen LogP contribution in [0.25, 0.3) is 33.4 Å². The molecule has 0 radical (unpaired) electrons. The maximum atomic E-state index is 13.8. The number of methoxy groups -OCH3 is 2. The second-order valence-corrected chi connectivity index (χ2v) is 7.14. The van der Waals surface area contributed by atoms with Crippen LogP contribution >= 0.6 is 0 Å². The third kappa shape index (κ3) is 4.65. The molecule has 0 aliphatic carbocycles. The molecule has 1 N–H and O–H groups in total. The Morgan fingerprint density at radius 3 is 2.41 bits per heavy atom. The van der Waals surface area contributed by atoms with Crippen LogP contribution in [0.5, 0.6) is 5.75 Å². The number of anilines is 1. The average Bonchev–Trinajstić information content (AvgIpc) is 2.81. The summed E-state index contributed by atoms with van der Waals surface area (Å²) in [6.45, 7) is 1.22. The van der Waals surface area contributed by atoms with Crippen molar-refractivity contribution in [2.24, 2.45) is 0 Å². The van der Waals surface area contributed by atoms with Gasteiger partial charge in [0.1, 0.15) is 28.7 Å². The van der Waals surface area contributed by atoms with E-state index in [0.717, 1.165) is 18.1 Å². The fraction of sp³-hybridized carbons (Fsp3) is 0.208. The predicted molar refractivity (Wildman–Crippen MR) is 120 cm³/mol. The number of halogens is 2. The Morgan fingerprint density at radius 2 is 1.72 bits per heavy atom. The Morgan fingerprint density at radius 1 is 0.938 bits per heavy atom. The normalized spacial score (nSPS) is 11.0. The summed E-state index contributed by atoms with van der Waals surface area (Å²) in [7, 11) is 3.18. The summed E-state index contributed by atoms with van der Waals surface area (Å²) in [4.78, 5) is 13.6. The van der Waals surface area contributed by atoms with Crippen LogP contribution in [-0.2, 0) is 4.74 Å². The minimum absolute atomic E-state index is 0.393. The van der Waals surface area contributed by atoms with Crippen molar-refractivity contribution in [3.8, 4) is 28.3 Å². The molecular formula is C24H22F2N4O2. The number of nitrogens with zero attached hydrogens (tertiary/aromatic N) is 3. The summed E-state index contributed by atoms with van der Waals surface area (Å²) >= 11 is 0. The van der Waals surface area contributed by atoms with Gasteiger partial charge in [-0.3, -0.25) is 4.98 Å². The maximum absolute atomic E-state index is 13.8. The lowest BCUT2D eigenvalue weighted by Gasteiger charge is -2.15. The van der Waals surface area contributed by atoms with Crippen molar-refractivity contribution >= 4 is 16.7 Å². The van der Waals surface area contributed by atoms with Crippen LogP contribution in [0.2, 0.25) is 0 Å². The minimum Gasteiger partial charge on any atom is -0.494 e. The highest BCUT2D eigenvalue weighted by atomic mass is 19.1. The van der Waals surface area contributed by atoms with E-state index < -0.39 is 11.6 Å². The zero-order chi connectivity index (χ0) is 22.5. The highest BCUT2D eigenvalue weighted by Gasteiger charge is 2.16. The molecule has 32 heavy (non-hydrogen) atoms. The molecular weight excluding hydrogens is 414 g/mol. The number of rotatable bonds is 8. The van der Waals surface area contributed by atoms with Crippen molar-refractivity contribution in [2.45, 2.75) is 6.42 Å². The lowest BCUT2D eigenvalue weighted by atomic mass is 10.0. The molecule has 4 aromatic rings. The van der Waals surface area contributed by atoms with Gasteiger partial charge in [-0.15, -0.1) is 0 Å². The van der Waals surface area contributed by atoms with E-state index in [4.69, 9.17) is 19.4 Å². The molecule has 0 aliphatic rings. The molecule has 0 saturated carbocycles. The van der Waals surface area contributed by atoms with Gasteiger partial charge in [0, 0.05) is 49.7 Å². The molecule has 2 heterocycles. The summed E-state index contributed by atoms with van der Waals surface area (Å²) in [5.41, 5.74) is 2.32. The number of hydrogen-bond acceptors (Lipinski definition) is 6. The van der Waals surface area contributed by atoms with Crippen LogP contribution in [0.3, 0.4) is 0 Å². The molecule has 2 aromatic heterocycles. The van der Waals surface area contributed by atoms with Gasteiger partial charge in [0.25, 0.3) is 0 Å². The Labute approximate surface area is 184 Å². The lowest BCUT2D eigenvalue weighted by Crippen LogP contribution is -2.08. The van der Waals surface area contributed by atoms with E-state index in [0.29, 0.717) is 52.6 Å². The van der Waals surface area contributed by atoms with Crippen molar-refractivity contribution in [3.63, 3.8) is 0 Å². The first-order chi connectivity index (χ1) is 15.6. The standard InChI is InChI=1S/C24H22F2N4O2/c1-31-8-4-7-28-24-20-11-17(16-9-18(25)13-19(26)10-16)12-21(32-2)22(20)29-23(30-24)15-5-3-6-27-14-15/h3,5-6,9-14H,4,7-8H2,1-2H3,(H,28,29,30). The van der Waals surface area contributed by atoms with E-state index in [9.17, 15) is 8.78 Å². The number of ether oxygens (including phenoxy) is 2. The Balaban J connectivity index is 1.90. The van der Waals surface area contributed by atoms with Gasteiger partial charge in [-0.2, -0.15) is 0 Å². The summed E-state index contributed by atoms with van der Waals surface area (Å²) in [5, 5.41) is 4.01. The Bertz CT molecular complexity index is 1220. The predicted octanol–water partition coefficient (Wildman–Crippen LogP) is 5.09. The van der Waals surface area contributed by atoms with E-state index in [1.807, 2.05) is 12.1 Å². The molecule has 4 rings (SSSR count). The molecule has 8 heteroatoms. The zero-order valence-electron chi connectivity index (χ0n) is 17.7. The SMILES string of the molecule is COCCCNc1nc(-c2cccnc2)nc2c(OC)cc(-c3cc(F)cc(F)c3)cc12. The summed E-state index contributed by atoms with van der Waals surface area (Å²) in [5.74, 6) is 0.236. The van der Waals surface area contributed by atoms with Crippen molar-refractivity contribution < 1.29 is 18.3 Å². The average molecular weight is 436 g/mol. The van der Waals surface area contributed by atoms with Crippen LogP contribution in [0.1, 0.15) is 6.42 Å². The quantitative estimate of drug-likeness (QED) is 0.388. The van der Waals surface area contributed by atoms with Gasteiger partial charge >= 0.3 is 0 Å². The van der Waals surface area contributed by atoms with Gasteiger partial charge in [0.15, 0.2) is 5.82 Å². The zero-order valence-corrected chi connectivity index (χ0v) is 17.7. The fourth-order valence-corrected chi connectivity index (χ4v) is 3.43. The smallest absolute Gasteiger partial charge is 0.163 e. The van der Waals surface area contributed by atoms with Gasteiger partial charge < -0.3 is 14.8 Å². The van der Waals surface area contributed by atoms with E-state index >= 15 is 0 Å². The molecule has 0 fully saturated rings. The first-order valence-electron chi connectivity index (χ1n) is 10.1. The molecule has 0 atom stereocenters. The third-order valence-corrected chi connectivity index (χ3v) is 4.92. The van der Waals surface area contributed by atoms with Crippen LogP contribution < -0.4 is 10.1 Å². The molecule has 6 nitrogen and oxygen atoms in total. The van der Waals surface area contributed by atoms with Crippen LogP contribution in [-0.4, -0.2) is 42.3 Å². The highest BCUT2D eigenvalue weighted by molar-refractivity contribution is 5.97. The van der Waals surface area contributed by atoms with Gasteiger partial charge in [0.05, 0.1) is 7.11 Å². The first-order valence-corrected chi connectivity index (χ1v) is 10.1. The van der Waals surface area contributed by atoms with Gasteiger partial charge in [-0.25, -0.2) is 18.7 Å². The summed E-state index contributed by atoms with van der Waals surface area (Å²) < 4.78 is 38.4. The second kappa shape index (κ2) is 9.65. The number of hydrogen-bond donors (Lipinski definition) is 1. The molecule has 2 aromatic carbocycles. The largest absolute Gasteiger partial charge is 0.494 e. The van der Waals surface area contributed by atoms with Crippen LogP contribution in [0.4, 0.5) is 14.6 Å². The number of fused-ring (bicyclic) bond motifs is 1. The molecule has 164 valence electrons. The van der Waals surface area contributed by atoms with E-state index in [-0.39, 0.29) is 0 Å². The van der Waals surface area contributed by atoms with Crippen molar-refractivity contribution in [3.05, 3.63) is 66.5 Å². The fourth-order valence-electron chi connectivity index (χ4n) is 3.43. The Kier molecular flexibility index (Phi) is 6.51. The van der Waals surface area contributed by atoms with Crippen molar-refractivity contribution in [1.29, 1.82) is 0 Å². The number of nitrogens with one attached hydrogen (secondary N) is 1. The van der Waals surface area contributed by atoms with E-state index in [1.54, 1.807) is 31.6 Å². The number of pyridine rings is 1. The third-order valence-electron chi connectivity index (χ3n) is 4.92. The minimum atomic E-state index is -0.653. The molecule has 0 aliphatic heterocycles. The van der Waals surface area contributed by atoms with Crippen LogP contribution in [0.15, 0.2) is 54.9 Å². The molecule has 0 saturated heterocycles.